The minimum Gasteiger partial charge on any atom is -0.494 e. The third-order valence-electron chi connectivity index (χ3n) is 5.11. The van der Waals surface area contributed by atoms with Crippen molar-refractivity contribution in [3.05, 3.63) is 102 Å². The smallest absolute Gasteiger partial charge is 0.262 e. The van der Waals surface area contributed by atoms with Gasteiger partial charge in [-0.15, -0.1) is 0 Å². The van der Waals surface area contributed by atoms with Crippen LogP contribution in [0.4, 0.5) is 11.4 Å². The van der Waals surface area contributed by atoms with E-state index in [9.17, 15) is 9.59 Å². The highest BCUT2D eigenvalue weighted by Gasteiger charge is 2.12. The van der Waals surface area contributed by atoms with Gasteiger partial charge in [-0.2, -0.15) is 0 Å². The second kappa shape index (κ2) is 11.5. The van der Waals surface area contributed by atoms with Gasteiger partial charge in [0.15, 0.2) is 6.61 Å². The number of benzene rings is 3. The maximum absolute atomic E-state index is 12.4. The summed E-state index contributed by atoms with van der Waals surface area (Å²) in [6.45, 7) is 1.84. The second-order valence-electron chi connectivity index (χ2n) is 7.83. The molecule has 1 heterocycles. The van der Waals surface area contributed by atoms with E-state index < -0.39 is 0 Å². The van der Waals surface area contributed by atoms with Crippen LogP contribution in [-0.2, 0) is 4.79 Å². The molecule has 0 unspecified atom stereocenters. The van der Waals surface area contributed by atoms with E-state index in [0.717, 1.165) is 11.3 Å². The largest absolute Gasteiger partial charge is 0.494 e. The SMILES string of the molecule is COc1cc(NC(=O)COc2ccc(Oc3ccc(C)cc3)cc2)ccc1NC(=O)c1cccnc1. The molecule has 0 atom stereocenters. The van der Waals surface area contributed by atoms with Crippen LogP contribution in [-0.4, -0.2) is 30.5 Å². The van der Waals surface area contributed by atoms with E-state index in [-0.39, 0.29) is 18.4 Å². The number of rotatable bonds is 9. The molecule has 0 fully saturated rings. The summed E-state index contributed by atoms with van der Waals surface area (Å²) in [5, 5.41) is 5.53. The van der Waals surface area contributed by atoms with Crippen LogP contribution in [0.2, 0.25) is 0 Å². The van der Waals surface area contributed by atoms with Gasteiger partial charge in [-0.05, 0) is 67.6 Å². The molecule has 0 radical (unpaired) electrons. The van der Waals surface area contributed by atoms with Crippen molar-refractivity contribution < 1.29 is 23.8 Å². The standard InChI is InChI=1S/C28H25N3O5/c1-19-5-8-23(9-6-19)36-24-12-10-22(11-13-24)35-18-27(32)30-21-7-14-25(26(16-21)34-2)31-28(33)20-4-3-15-29-17-20/h3-17H,18H2,1-2H3,(H,30,32)(H,31,33). The molecule has 3 aromatic carbocycles. The average molecular weight is 484 g/mol. The van der Waals surface area contributed by atoms with Gasteiger partial charge in [0, 0.05) is 24.1 Å². The van der Waals surface area contributed by atoms with Gasteiger partial charge in [0.2, 0.25) is 0 Å². The Labute approximate surface area is 208 Å². The molecule has 8 nitrogen and oxygen atoms in total. The molecule has 4 rings (SSSR count). The fourth-order valence-corrected chi connectivity index (χ4v) is 3.26. The van der Waals surface area contributed by atoms with Crippen LogP contribution in [0.15, 0.2) is 91.3 Å². The summed E-state index contributed by atoms with van der Waals surface area (Å²) >= 11 is 0. The van der Waals surface area contributed by atoms with Crippen molar-refractivity contribution in [3.8, 4) is 23.0 Å². The predicted octanol–water partition coefficient (Wildman–Crippen LogP) is 5.46. The molecule has 182 valence electrons. The number of amides is 2. The third kappa shape index (κ3) is 6.60. The van der Waals surface area contributed by atoms with Gasteiger partial charge in [0.1, 0.15) is 23.0 Å². The second-order valence-corrected chi connectivity index (χ2v) is 7.83. The lowest BCUT2D eigenvalue weighted by atomic mass is 10.2. The number of nitrogens with zero attached hydrogens (tertiary/aromatic N) is 1. The van der Waals surface area contributed by atoms with Crippen LogP contribution in [0.5, 0.6) is 23.0 Å². The first-order chi connectivity index (χ1) is 17.5. The molecular formula is C28H25N3O5. The van der Waals surface area contributed by atoms with E-state index in [1.165, 1.54) is 13.3 Å². The lowest BCUT2D eigenvalue weighted by Gasteiger charge is -2.13. The quantitative estimate of drug-likeness (QED) is 0.328. The number of pyridine rings is 1. The van der Waals surface area contributed by atoms with E-state index in [1.807, 2.05) is 31.2 Å². The van der Waals surface area contributed by atoms with E-state index in [4.69, 9.17) is 14.2 Å². The predicted molar refractivity (Wildman–Crippen MR) is 137 cm³/mol. The van der Waals surface area contributed by atoms with Crippen molar-refractivity contribution in [3.63, 3.8) is 0 Å². The number of carbonyl (C=O) groups is 2. The van der Waals surface area contributed by atoms with Crippen LogP contribution in [0.25, 0.3) is 0 Å². The number of anilines is 2. The molecule has 0 saturated carbocycles. The molecular weight excluding hydrogens is 458 g/mol. The first-order valence-electron chi connectivity index (χ1n) is 11.2. The highest BCUT2D eigenvalue weighted by Crippen LogP contribution is 2.29. The lowest BCUT2D eigenvalue weighted by Crippen LogP contribution is -2.20. The number of nitrogens with one attached hydrogen (secondary N) is 2. The number of hydrogen-bond acceptors (Lipinski definition) is 6. The normalized spacial score (nSPS) is 10.3. The Bertz CT molecular complexity index is 1320. The Morgan fingerprint density at radius 2 is 1.56 bits per heavy atom. The fraction of sp³-hybridized carbons (Fsp3) is 0.107. The summed E-state index contributed by atoms with van der Waals surface area (Å²) in [6.07, 6.45) is 3.07. The fourth-order valence-electron chi connectivity index (χ4n) is 3.26. The average Bonchev–Trinajstić information content (AvgIpc) is 2.91. The summed E-state index contributed by atoms with van der Waals surface area (Å²) in [7, 11) is 1.48. The molecule has 0 aliphatic rings. The highest BCUT2D eigenvalue weighted by atomic mass is 16.5. The van der Waals surface area contributed by atoms with Crippen LogP contribution in [0.1, 0.15) is 15.9 Å². The summed E-state index contributed by atoms with van der Waals surface area (Å²) < 4.78 is 16.7. The molecule has 0 saturated heterocycles. The highest BCUT2D eigenvalue weighted by molar-refractivity contribution is 6.05. The number of aryl methyl sites for hydroxylation is 1. The van der Waals surface area contributed by atoms with Crippen LogP contribution < -0.4 is 24.8 Å². The number of ether oxygens (including phenoxy) is 3. The molecule has 0 spiro atoms. The first-order valence-corrected chi connectivity index (χ1v) is 11.2. The summed E-state index contributed by atoms with van der Waals surface area (Å²) in [4.78, 5) is 28.7. The number of hydrogen-bond donors (Lipinski definition) is 2. The van der Waals surface area contributed by atoms with Gasteiger partial charge in [-0.25, -0.2) is 0 Å². The lowest BCUT2D eigenvalue weighted by molar-refractivity contribution is -0.118. The monoisotopic (exact) mass is 483 g/mol. The van der Waals surface area contributed by atoms with Crippen molar-refractivity contribution in [2.24, 2.45) is 0 Å². The Morgan fingerprint density at radius 3 is 2.22 bits per heavy atom. The topological polar surface area (TPSA) is 98.8 Å². The number of methoxy groups -OCH3 is 1. The van der Waals surface area contributed by atoms with Crippen molar-refractivity contribution in [2.75, 3.05) is 24.4 Å². The van der Waals surface area contributed by atoms with Crippen molar-refractivity contribution in [1.82, 2.24) is 4.98 Å². The van der Waals surface area contributed by atoms with Crippen molar-refractivity contribution in [2.45, 2.75) is 6.92 Å². The number of aromatic nitrogens is 1. The number of carbonyl (C=O) groups excluding carboxylic acids is 2. The van der Waals surface area contributed by atoms with Crippen molar-refractivity contribution >= 4 is 23.2 Å². The molecule has 0 aliphatic heterocycles. The van der Waals surface area contributed by atoms with E-state index in [1.54, 1.807) is 60.8 Å². The molecule has 4 aromatic rings. The van der Waals surface area contributed by atoms with Crippen molar-refractivity contribution in [1.29, 1.82) is 0 Å². The van der Waals surface area contributed by atoms with Gasteiger partial charge in [-0.1, -0.05) is 17.7 Å². The molecule has 2 amide bonds. The third-order valence-corrected chi connectivity index (χ3v) is 5.11. The zero-order chi connectivity index (χ0) is 25.3. The van der Waals surface area contributed by atoms with Gasteiger partial charge in [0.25, 0.3) is 11.8 Å². The summed E-state index contributed by atoms with van der Waals surface area (Å²) in [5.74, 6) is 1.68. The minimum absolute atomic E-state index is 0.181. The summed E-state index contributed by atoms with van der Waals surface area (Å²) in [6, 6.07) is 23.1. The molecule has 36 heavy (non-hydrogen) atoms. The van der Waals surface area contributed by atoms with Crippen LogP contribution in [0, 0.1) is 6.92 Å². The molecule has 2 N–H and O–H groups in total. The van der Waals surface area contributed by atoms with E-state index in [2.05, 4.69) is 15.6 Å². The summed E-state index contributed by atoms with van der Waals surface area (Å²) in [5.41, 5.74) is 2.55. The zero-order valence-corrected chi connectivity index (χ0v) is 19.9. The first kappa shape index (κ1) is 24.3. The maximum Gasteiger partial charge on any atom is 0.262 e. The van der Waals surface area contributed by atoms with Crippen LogP contribution >= 0.6 is 0 Å². The molecule has 0 bridgehead atoms. The van der Waals surface area contributed by atoms with Crippen LogP contribution in [0.3, 0.4) is 0 Å². The van der Waals surface area contributed by atoms with Gasteiger partial charge < -0.3 is 24.8 Å². The minimum atomic E-state index is -0.343. The van der Waals surface area contributed by atoms with E-state index >= 15 is 0 Å². The Kier molecular flexibility index (Phi) is 7.77. The van der Waals surface area contributed by atoms with Gasteiger partial charge in [-0.3, -0.25) is 14.6 Å². The molecule has 0 aliphatic carbocycles. The Hall–Kier alpha value is -4.85. The van der Waals surface area contributed by atoms with Gasteiger partial charge >= 0.3 is 0 Å². The maximum atomic E-state index is 12.4. The van der Waals surface area contributed by atoms with E-state index in [0.29, 0.717) is 34.2 Å². The zero-order valence-electron chi connectivity index (χ0n) is 19.9. The Morgan fingerprint density at radius 1 is 0.861 bits per heavy atom. The van der Waals surface area contributed by atoms with Gasteiger partial charge in [0.05, 0.1) is 18.4 Å². The Balaban J connectivity index is 1.29. The molecule has 8 heteroatoms. The molecule has 1 aromatic heterocycles.